The molecule has 4 aromatic rings. The highest BCUT2D eigenvalue weighted by Gasteiger charge is 2.20. The lowest BCUT2D eigenvalue weighted by Crippen LogP contribution is -2.14. The Bertz CT molecular complexity index is 1590. The number of pyridine rings is 1. The summed E-state index contributed by atoms with van der Waals surface area (Å²) < 4.78 is 38.1. The van der Waals surface area contributed by atoms with Gasteiger partial charge in [-0.3, -0.25) is 9.71 Å². The number of hydrogen-bond acceptors (Lipinski definition) is 10. The first-order chi connectivity index (χ1) is 18.2. The fourth-order valence-corrected chi connectivity index (χ4v) is 4.56. The maximum absolute atomic E-state index is 12.8. The molecule has 38 heavy (non-hydrogen) atoms. The van der Waals surface area contributed by atoms with Crippen molar-refractivity contribution >= 4 is 61.7 Å². The van der Waals surface area contributed by atoms with Gasteiger partial charge in [0.25, 0.3) is 10.0 Å². The second kappa shape index (κ2) is 11.4. The van der Waals surface area contributed by atoms with E-state index < -0.39 is 22.0 Å². The Labute approximate surface area is 223 Å². The van der Waals surface area contributed by atoms with Crippen LogP contribution < -0.4 is 10.0 Å². The summed E-state index contributed by atoms with van der Waals surface area (Å²) in [6, 6.07) is 13.4. The minimum absolute atomic E-state index is 0.0105. The van der Waals surface area contributed by atoms with Crippen LogP contribution in [0.1, 0.15) is 34.6 Å². The molecule has 4 rings (SSSR count). The number of rotatable bonds is 9. The van der Waals surface area contributed by atoms with Gasteiger partial charge in [-0.25, -0.2) is 18.0 Å². The molecule has 2 heterocycles. The standard InChI is InChI=1S/C25H22ClN5O6S/c1-3-36-24(32)15-5-10-20-18(13-15)23(19(14-27-20)25(33)37-4-2)28-16-6-8-17(9-7-16)38(34,35)31-22-12-11-21(26)29-30-22/h5-14H,3-4H2,1-2H3,(H,27,28)(H,30,31). The van der Waals surface area contributed by atoms with E-state index >= 15 is 0 Å². The lowest BCUT2D eigenvalue weighted by atomic mass is 10.1. The number of aromatic nitrogens is 3. The summed E-state index contributed by atoms with van der Waals surface area (Å²) in [4.78, 5) is 29.3. The van der Waals surface area contributed by atoms with Gasteiger partial charge in [-0.15, -0.1) is 10.2 Å². The molecule has 0 saturated carbocycles. The van der Waals surface area contributed by atoms with Crippen LogP contribution in [0.15, 0.2) is 65.7 Å². The fourth-order valence-electron chi connectivity index (χ4n) is 3.46. The molecule has 2 N–H and O–H groups in total. The minimum Gasteiger partial charge on any atom is -0.462 e. The molecule has 0 aliphatic rings. The van der Waals surface area contributed by atoms with E-state index in [0.717, 1.165) is 0 Å². The lowest BCUT2D eigenvalue weighted by molar-refractivity contribution is 0.0518. The van der Waals surface area contributed by atoms with Crippen molar-refractivity contribution in [1.29, 1.82) is 0 Å². The molecule has 0 radical (unpaired) electrons. The number of sulfonamides is 1. The van der Waals surface area contributed by atoms with Crippen LogP contribution in [0.4, 0.5) is 17.2 Å². The molecule has 0 atom stereocenters. The molecule has 2 aromatic carbocycles. The van der Waals surface area contributed by atoms with Gasteiger partial charge in [0.1, 0.15) is 5.56 Å². The van der Waals surface area contributed by atoms with Crippen LogP contribution >= 0.6 is 11.6 Å². The van der Waals surface area contributed by atoms with Gasteiger partial charge in [-0.1, -0.05) is 11.6 Å². The van der Waals surface area contributed by atoms with Gasteiger partial charge in [0.2, 0.25) is 0 Å². The summed E-state index contributed by atoms with van der Waals surface area (Å²) in [5, 5.41) is 11.1. The van der Waals surface area contributed by atoms with Gasteiger partial charge in [0.15, 0.2) is 11.0 Å². The van der Waals surface area contributed by atoms with Gasteiger partial charge in [-0.05, 0) is 68.4 Å². The van der Waals surface area contributed by atoms with Crippen LogP contribution in [0.2, 0.25) is 5.15 Å². The number of carbonyl (C=O) groups is 2. The van der Waals surface area contributed by atoms with Gasteiger partial charge in [0.05, 0.1) is 34.9 Å². The highest BCUT2D eigenvalue weighted by atomic mass is 35.5. The Balaban J connectivity index is 1.69. The average Bonchev–Trinajstić information content (AvgIpc) is 2.90. The SMILES string of the molecule is CCOC(=O)c1ccc2ncc(C(=O)OCC)c(Nc3ccc(S(=O)(=O)Nc4ccc(Cl)nn4)cc3)c2c1. The second-order valence-corrected chi connectivity index (χ2v) is 9.79. The number of hydrogen-bond donors (Lipinski definition) is 2. The largest absolute Gasteiger partial charge is 0.462 e. The molecule has 0 amide bonds. The number of ether oxygens (including phenoxy) is 2. The normalized spacial score (nSPS) is 11.1. The van der Waals surface area contributed by atoms with E-state index in [1.165, 1.54) is 42.6 Å². The summed E-state index contributed by atoms with van der Waals surface area (Å²) in [5.41, 5.74) is 1.74. The quantitative estimate of drug-likeness (QED) is 0.281. The third kappa shape index (κ3) is 5.98. The zero-order chi connectivity index (χ0) is 27.3. The van der Waals surface area contributed by atoms with Crippen molar-refractivity contribution in [3.8, 4) is 0 Å². The number of fused-ring (bicyclic) bond motifs is 1. The summed E-state index contributed by atoms with van der Waals surface area (Å²) in [6.07, 6.45) is 1.38. The molecular weight excluding hydrogens is 534 g/mol. The van der Waals surface area contributed by atoms with Crippen molar-refractivity contribution in [3.63, 3.8) is 0 Å². The van der Waals surface area contributed by atoms with Crippen LogP contribution in [0.5, 0.6) is 0 Å². The first kappa shape index (κ1) is 26.8. The zero-order valence-electron chi connectivity index (χ0n) is 20.3. The molecule has 11 nitrogen and oxygen atoms in total. The molecular formula is C25H22ClN5O6S. The van der Waals surface area contributed by atoms with Crippen LogP contribution in [-0.2, 0) is 19.5 Å². The van der Waals surface area contributed by atoms with Gasteiger partial charge in [0, 0.05) is 17.3 Å². The van der Waals surface area contributed by atoms with Crippen LogP contribution in [0.3, 0.4) is 0 Å². The average molecular weight is 556 g/mol. The number of esters is 2. The minimum atomic E-state index is -3.96. The van der Waals surface area contributed by atoms with Crippen molar-refractivity contribution in [2.45, 2.75) is 18.7 Å². The highest BCUT2D eigenvalue weighted by molar-refractivity contribution is 7.92. The second-order valence-electron chi connectivity index (χ2n) is 7.72. The predicted molar refractivity (Wildman–Crippen MR) is 141 cm³/mol. The number of halogens is 1. The predicted octanol–water partition coefficient (Wildman–Crippen LogP) is 4.58. The first-order valence-corrected chi connectivity index (χ1v) is 13.2. The molecule has 0 saturated heterocycles. The van der Waals surface area contributed by atoms with E-state index in [9.17, 15) is 18.0 Å². The molecule has 2 aromatic heterocycles. The maximum Gasteiger partial charge on any atom is 0.341 e. The Morgan fingerprint density at radius 1 is 0.921 bits per heavy atom. The number of nitrogens with one attached hydrogen (secondary N) is 2. The van der Waals surface area contributed by atoms with E-state index in [4.69, 9.17) is 21.1 Å². The third-order valence-electron chi connectivity index (χ3n) is 5.18. The molecule has 0 spiro atoms. The van der Waals surface area contributed by atoms with Crippen molar-refractivity contribution in [3.05, 3.63) is 77.1 Å². The maximum atomic E-state index is 12.8. The fraction of sp³-hybridized carbons (Fsp3) is 0.160. The third-order valence-corrected chi connectivity index (χ3v) is 6.75. The number of benzene rings is 2. The van der Waals surface area contributed by atoms with E-state index in [1.807, 2.05) is 0 Å². The smallest absolute Gasteiger partial charge is 0.341 e. The molecule has 13 heteroatoms. The number of carbonyl (C=O) groups excluding carboxylic acids is 2. The van der Waals surface area contributed by atoms with Gasteiger partial charge >= 0.3 is 11.9 Å². The van der Waals surface area contributed by atoms with Crippen molar-refractivity contribution in [2.75, 3.05) is 23.3 Å². The van der Waals surface area contributed by atoms with Crippen LogP contribution in [-0.4, -0.2) is 48.8 Å². The lowest BCUT2D eigenvalue weighted by Gasteiger charge is -2.15. The number of nitrogens with zero attached hydrogens (tertiary/aromatic N) is 3. The van der Waals surface area contributed by atoms with Gasteiger partial charge in [-0.2, -0.15) is 0 Å². The molecule has 0 bridgehead atoms. The summed E-state index contributed by atoms with van der Waals surface area (Å²) in [7, 11) is -3.96. The van der Waals surface area contributed by atoms with Crippen molar-refractivity contribution in [2.24, 2.45) is 0 Å². The molecule has 0 unspecified atom stereocenters. The van der Waals surface area contributed by atoms with Crippen molar-refractivity contribution in [1.82, 2.24) is 15.2 Å². The highest BCUT2D eigenvalue weighted by Crippen LogP contribution is 2.31. The molecule has 0 aliphatic heterocycles. The Morgan fingerprint density at radius 3 is 2.29 bits per heavy atom. The van der Waals surface area contributed by atoms with Gasteiger partial charge < -0.3 is 14.8 Å². The van der Waals surface area contributed by atoms with E-state index in [-0.39, 0.29) is 40.2 Å². The van der Waals surface area contributed by atoms with E-state index in [2.05, 4.69) is 25.2 Å². The zero-order valence-corrected chi connectivity index (χ0v) is 21.8. The first-order valence-electron chi connectivity index (χ1n) is 11.4. The van der Waals surface area contributed by atoms with E-state index in [1.54, 1.807) is 32.0 Å². The molecule has 196 valence electrons. The topological polar surface area (TPSA) is 149 Å². The van der Waals surface area contributed by atoms with Crippen LogP contribution in [0.25, 0.3) is 10.9 Å². The Morgan fingerprint density at radius 2 is 1.63 bits per heavy atom. The van der Waals surface area contributed by atoms with Crippen LogP contribution in [0, 0.1) is 0 Å². The van der Waals surface area contributed by atoms with E-state index in [0.29, 0.717) is 22.3 Å². The summed E-state index contributed by atoms with van der Waals surface area (Å²) in [6.45, 7) is 3.74. The summed E-state index contributed by atoms with van der Waals surface area (Å²) >= 11 is 5.69. The monoisotopic (exact) mass is 555 g/mol. The Hall–Kier alpha value is -4.29. The Kier molecular flexibility index (Phi) is 8.03. The number of anilines is 3. The molecule has 0 fully saturated rings. The van der Waals surface area contributed by atoms with Crippen molar-refractivity contribution < 1.29 is 27.5 Å². The molecule has 0 aliphatic carbocycles. The summed E-state index contributed by atoms with van der Waals surface area (Å²) in [5.74, 6) is -1.12.